The molecule has 1 aromatic carbocycles. The summed E-state index contributed by atoms with van der Waals surface area (Å²) in [7, 11) is 0. The lowest BCUT2D eigenvalue weighted by Gasteiger charge is -2.42. The molecule has 6 nitrogen and oxygen atoms in total. The first-order valence-electron chi connectivity index (χ1n) is 8.07. The smallest absolute Gasteiger partial charge is 0.311 e. The predicted molar refractivity (Wildman–Crippen MR) is 86.9 cm³/mol. The van der Waals surface area contributed by atoms with Gasteiger partial charge in [-0.15, -0.1) is 0 Å². The molecule has 6 heteroatoms. The van der Waals surface area contributed by atoms with Gasteiger partial charge < -0.3 is 9.47 Å². The highest BCUT2D eigenvalue weighted by Crippen LogP contribution is 2.52. The van der Waals surface area contributed by atoms with Gasteiger partial charge in [-0.3, -0.25) is 15.0 Å². The van der Waals surface area contributed by atoms with Crippen LogP contribution in [-0.4, -0.2) is 40.7 Å². The lowest BCUT2D eigenvalue weighted by molar-refractivity contribution is -0.386. The van der Waals surface area contributed by atoms with Gasteiger partial charge in [0.2, 0.25) is 5.75 Å². The van der Waals surface area contributed by atoms with Crippen LogP contribution in [0.15, 0.2) is 12.1 Å². The van der Waals surface area contributed by atoms with Crippen LogP contribution in [0.2, 0.25) is 0 Å². The van der Waals surface area contributed by atoms with Gasteiger partial charge in [-0.1, -0.05) is 6.07 Å². The van der Waals surface area contributed by atoms with E-state index in [0.717, 1.165) is 24.2 Å². The molecule has 0 bridgehead atoms. The number of benzene rings is 1. The first kappa shape index (κ1) is 16.2. The summed E-state index contributed by atoms with van der Waals surface area (Å²) in [6, 6.07) is 3.35. The highest BCUT2D eigenvalue weighted by atomic mass is 16.6. The predicted octanol–water partition coefficient (Wildman–Crippen LogP) is 3.22. The highest BCUT2D eigenvalue weighted by Gasteiger charge is 2.49. The normalized spacial score (nSPS) is 29.9. The van der Waals surface area contributed by atoms with Crippen LogP contribution in [0.3, 0.4) is 0 Å². The zero-order valence-electron chi connectivity index (χ0n) is 14.3. The Morgan fingerprint density at radius 2 is 1.87 bits per heavy atom. The molecule has 1 fully saturated rings. The van der Waals surface area contributed by atoms with Gasteiger partial charge in [-0.25, -0.2) is 0 Å². The Balaban J connectivity index is 2.09. The summed E-state index contributed by atoms with van der Waals surface area (Å²) in [5, 5.41) is 11.4. The summed E-state index contributed by atoms with van der Waals surface area (Å²) in [6.45, 7) is 11.7. The molecule has 0 saturated carbocycles. The van der Waals surface area contributed by atoms with Gasteiger partial charge in [-0.2, -0.15) is 0 Å². The van der Waals surface area contributed by atoms with E-state index in [-0.39, 0.29) is 28.9 Å². The van der Waals surface area contributed by atoms with E-state index in [1.165, 1.54) is 6.07 Å². The zero-order valence-corrected chi connectivity index (χ0v) is 14.3. The summed E-state index contributed by atoms with van der Waals surface area (Å²) in [6.07, 6.45) is 0.273. The van der Waals surface area contributed by atoms with Gasteiger partial charge >= 0.3 is 5.69 Å². The molecule has 0 N–H and O–H groups in total. The molecular weight excluding hydrogens is 296 g/mol. The number of hydrogen-bond acceptors (Lipinski definition) is 5. The van der Waals surface area contributed by atoms with Crippen molar-refractivity contribution in [3.05, 3.63) is 33.4 Å². The Morgan fingerprint density at radius 1 is 1.26 bits per heavy atom. The van der Waals surface area contributed by atoms with Crippen LogP contribution in [-0.2, 0) is 4.74 Å². The van der Waals surface area contributed by atoms with E-state index < -0.39 is 5.60 Å². The second-order valence-electron chi connectivity index (χ2n) is 7.22. The quantitative estimate of drug-likeness (QED) is 0.618. The van der Waals surface area contributed by atoms with E-state index in [2.05, 4.69) is 18.7 Å². The van der Waals surface area contributed by atoms with E-state index in [1.807, 2.05) is 26.8 Å². The van der Waals surface area contributed by atoms with Gasteiger partial charge in [0.05, 0.1) is 23.2 Å². The molecule has 0 radical (unpaired) electrons. The van der Waals surface area contributed by atoms with E-state index >= 15 is 0 Å². The number of morpholine rings is 1. The number of nitro benzene ring substituents is 1. The summed E-state index contributed by atoms with van der Waals surface area (Å²) >= 11 is 0. The maximum atomic E-state index is 11.4. The number of fused-ring (bicyclic) bond motifs is 1. The molecule has 0 aromatic heterocycles. The average molecular weight is 320 g/mol. The first-order chi connectivity index (χ1) is 10.7. The van der Waals surface area contributed by atoms with Crippen LogP contribution in [0, 0.1) is 17.0 Å². The third kappa shape index (κ3) is 2.70. The Kier molecular flexibility index (Phi) is 3.84. The minimum atomic E-state index is -0.518. The summed E-state index contributed by atoms with van der Waals surface area (Å²) in [5.41, 5.74) is 1.52. The van der Waals surface area contributed by atoms with Crippen molar-refractivity contribution in [1.29, 1.82) is 0 Å². The molecule has 2 aliphatic heterocycles. The second-order valence-corrected chi connectivity index (χ2v) is 7.22. The van der Waals surface area contributed by atoms with E-state index in [4.69, 9.17) is 9.47 Å². The molecular formula is C17H24N2O4. The number of ether oxygens (including phenoxy) is 2. The minimum absolute atomic E-state index is 0.00815. The van der Waals surface area contributed by atoms with Gasteiger partial charge in [-0.05, 0) is 40.2 Å². The number of nitro groups is 1. The number of nitrogens with zero attached hydrogens (tertiary/aromatic N) is 2. The maximum Gasteiger partial charge on any atom is 0.311 e. The fraction of sp³-hybridized carbons (Fsp3) is 0.647. The Hall–Kier alpha value is -1.66. The first-order valence-corrected chi connectivity index (χ1v) is 8.07. The molecule has 1 aromatic rings. The number of hydrogen-bond donors (Lipinski definition) is 0. The Bertz CT molecular complexity index is 634. The number of rotatable bonds is 2. The number of aryl methyl sites for hydroxylation is 1. The fourth-order valence-electron chi connectivity index (χ4n) is 3.99. The molecule has 23 heavy (non-hydrogen) atoms. The highest BCUT2D eigenvalue weighted by molar-refractivity contribution is 5.59. The third-order valence-corrected chi connectivity index (χ3v) is 4.70. The van der Waals surface area contributed by atoms with E-state index in [9.17, 15) is 10.1 Å². The van der Waals surface area contributed by atoms with E-state index in [1.54, 1.807) is 0 Å². The van der Waals surface area contributed by atoms with Crippen LogP contribution in [0.4, 0.5) is 5.69 Å². The summed E-state index contributed by atoms with van der Waals surface area (Å²) in [4.78, 5) is 13.4. The molecule has 1 saturated heterocycles. The SMILES string of the molecule is Cc1ccc([N+](=O)[O-])c2c1[C@H](N1C[C@H](C)O[C@@H](C)C1)C(C)(C)O2. The molecule has 0 aliphatic carbocycles. The van der Waals surface area contributed by atoms with Crippen molar-refractivity contribution < 1.29 is 14.4 Å². The van der Waals surface area contributed by atoms with Crippen molar-refractivity contribution in [2.24, 2.45) is 0 Å². The molecule has 0 spiro atoms. The lowest BCUT2D eigenvalue weighted by Crippen LogP contribution is -2.51. The summed E-state index contributed by atoms with van der Waals surface area (Å²) < 4.78 is 11.9. The van der Waals surface area contributed by atoms with Crippen molar-refractivity contribution in [2.45, 2.75) is 58.5 Å². The largest absolute Gasteiger partial charge is 0.479 e. The van der Waals surface area contributed by atoms with Crippen molar-refractivity contribution >= 4 is 5.69 Å². The van der Waals surface area contributed by atoms with Gasteiger partial charge in [0, 0.05) is 24.7 Å². The van der Waals surface area contributed by atoms with Crippen LogP contribution < -0.4 is 4.74 Å². The fourth-order valence-corrected chi connectivity index (χ4v) is 3.99. The van der Waals surface area contributed by atoms with Crippen LogP contribution in [0.1, 0.15) is 44.9 Å². The lowest BCUT2D eigenvalue weighted by atomic mass is 9.89. The standard InChI is InChI=1S/C17H24N2O4/c1-10-6-7-13(19(20)21)15-14(10)16(17(4,5)23-15)18-8-11(2)22-12(3)9-18/h6-7,11-12,16H,8-9H2,1-5H3/t11-,12-,16-/m0/s1. The Morgan fingerprint density at radius 3 is 2.43 bits per heavy atom. The van der Waals surface area contributed by atoms with Crippen molar-refractivity contribution in [1.82, 2.24) is 4.90 Å². The van der Waals surface area contributed by atoms with Crippen molar-refractivity contribution in [3.63, 3.8) is 0 Å². The average Bonchev–Trinajstić information content (AvgIpc) is 2.69. The second kappa shape index (κ2) is 5.46. The minimum Gasteiger partial charge on any atom is -0.479 e. The van der Waals surface area contributed by atoms with Crippen LogP contribution >= 0.6 is 0 Å². The topological polar surface area (TPSA) is 64.8 Å². The summed E-state index contributed by atoms with van der Waals surface area (Å²) in [5.74, 6) is 0.428. The molecule has 2 aliphatic rings. The van der Waals surface area contributed by atoms with Gasteiger partial charge in [0.25, 0.3) is 0 Å². The monoisotopic (exact) mass is 320 g/mol. The van der Waals surface area contributed by atoms with Gasteiger partial charge in [0.1, 0.15) is 5.60 Å². The van der Waals surface area contributed by atoms with Crippen LogP contribution in [0.25, 0.3) is 0 Å². The molecule has 2 heterocycles. The van der Waals surface area contributed by atoms with Crippen LogP contribution in [0.5, 0.6) is 5.75 Å². The zero-order chi connectivity index (χ0) is 16.9. The van der Waals surface area contributed by atoms with E-state index in [0.29, 0.717) is 5.75 Å². The van der Waals surface area contributed by atoms with Gasteiger partial charge in [0.15, 0.2) is 0 Å². The maximum absolute atomic E-state index is 11.4. The van der Waals surface area contributed by atoms with Crippen molar-refractivity contribution in [3.8, 4) is 5.75 Å². The van der Waals surface area contributed by atoms with Crippen molar-refractivity contribution in [2.75, 3.05) is 13.1 Å². The third-order valence-electron chi connectivity index (χ3n) is 4.70. The molecule has 3 atom stereocenters. The molecule has 126 valence electrons. The molecule has 0 amide bonds. The molecule has 3 rings (SSSR count). The Labute approximate surface area is 136 Å². The molecule has 0 unspecified atom stereocenters.